The van der Waals surface area contributed by atoms with Crippen LogP contribution in [0.1, 0.15) is 0 Å². The first-order valence-corrected chi connectivity index (χ1v) is 15.1. The molecule has 1 N–H and O–H groups in total. The molecule has 47 heavy (non-hydrogen) atoms. The Morgan fingerprint density at radius 1 is 0.617 bits per heavy atom. The minimum absolute atomic E-state index is 0. The van der Waals surface area contributed by atoms with Crippen molar-refractivity contribution < 1.29 is 55.1 Å². The van der Waals surface area contributed by atoms with Crippen LogP contribution in [0.5, 0.6) is 0 Å². The molecule has 0 saturated carbocycles. The molecule has 0 fully saturated rings. The van der Waals surface area contributed by atoms with Gasteiger partial charge < -0.3 is 13.8 Å². The molecule has 0 aliphatic heterocycles. The smallest absolute Gasteiger partial charge is 0.501 e. The number of nitrogens with zero attached hydrogens (tertiary/aromatic N) is 2. The summed E-state index contributed by atoms with van der Waals surface area (Å²) in [5.41, 5.74) is 1.80. The molecule has 12 heteroatoms. The van der Waals surface area contributed by atoms with Gasteiger partial charge in [0.15, 0.2) is 0 Å². The van der Waals surface area contributed by atoms with Crippen LogP contribution in [-0.4, -0.2) is 28.4 Å². The number of aromatic nitrogens is 2. The van der Waals surface area contributed by atoms with Gasteiger partial charge in [0.05, 0.1) is 11.3 Å². The molecule has 0 amide bonds. The molecule has 7 nitrogen and oxygen atoms in total. The summed E-state index contributed by atoms with van der Waals surface area (Å²) in [7, 11) is -5.84. The number of fused-ring (bicyclic) bond motifs is 6. The van der Waals surface area contributed by atoms with Crippen molar-refractivity contribution in [3.63, 3.8) is 0 Å². The Kier molecular flexibility index (Phi) is 9.88. The van der Waals surface area contributed by atoms with Gasteiger partial charge in [-0.25, -0.2) is 0 Å². The number of rotatable bonds is 2. The van der Waals surface area contributed by atoms with Crippen molar-refractivity contribution in [2.75, 3.05) is 0 Å². The number of halogens is 3. The maximum atomic E-state index is 10.7. The van der Waals surface area contributed by atoms with E-state index in [1.165, 1.54) is 0 Å². The molecular formula is C35H22F3IrN2O5S-. The summed E-state index contributed by atoms with van der Waals surface area (Å²) in [6, 6.07) is 41.3. The molecule has 0 aliphatic rings. The first-order valence-electron chi connectivity index (χ1n) is 13.7. The molecule has 0 saturated heterocycles. The molecule has 8 aromatic rings. The maximum Gasteiger partial charge on any atom is 0.522 e. The van der Waals surface area contributed by atoms with E-state index in [-0.39, 0.29) is 20.1 Å². The number of pyridine rings is 2. The number of hydrogen-bond donors (Lipinski definition) is 1. The van der Waals surface area contributed by atoms with Gasteiger partial charge in [-0.15, -0.1) is 18.2 Å². The molecule has 1 radical (unpaired) electrons. The predicted molar refractivity (Wildman–Crippen MR) is 170 cm³/mol. The van der Waals surface area contributed by atoms with Gasteiger partial charge in [0, 0.05) is 54.2 Å². The zero-order chi connectivity index (χ0) is 32.3. The Labute approximate surface area is 279 Å². The quantitative estimate of drug-likeness (QED) is 0.105. The third-order valence-corrected chi connectivity index (χ3v) is 7.48. The van der Waals surface area contributed by atoms with E-state index in [1.54, 1.807) is 12.4 Å². The Morgan fingerprint density at radius 3 is 1.66 bits per heavy atom. The zero-order valence-electron chi connectivity index (χ0n) is 24.0. The maximum absolute atomic E-state index is 10.7. The van der Waals surface area contributed by atoms with Gasteiger partial charge in [0.25, 0.3) is 0 Å². The van der Waals surface area contributed by atoms with Crippen LogP contribution in [0.3, 0.4) is 0 Å². The fraction of sp³-hybridized carbons (Fsp3) is 0.0286. The standard InChI is InChI=1S/C17H11NO.C17H10NO.CHF3O3S.Ir/c2*1-2-10-16-12(6-1)13-7-5-8-14(17(13)19-16)15-9-3-4-11-18-15;2-1(3,4)8(5,6)7;/h1-11H;1-7,9-11H;(H,5,6,7);/q;-1;;. The van der Waals surface area contributed by atoms with E-state index in [0.29, 0.717) is 0 Å². The molecule has 0 aliphatic carbocycles. The third kappa shape index (κ3) is 7.11. The third-order valence-electron chi connectivity index (χ3n) is 6.90. The summed E-state index contributed by atoms with van der Waals surface area (Å²) < 4.78 is 69.5. The summed E-state index contributed by atoms with van der Waals surface area (Å²) in [5, 5.41) is 4.52. The second-order valence-corrected chi connectivity index (χ2v) is 11.2. The van der Waals surface area contributed by atoms with Crippen LogP contribution in [0.25, 0.3) is 66.4 Å². The number of hydrogen-bond acceptors (Lipinski definition) is 6. The summed E-state index contributed by atoms with van der Waals surface area (Å²) in [4.78, 5) is 8.79. The number of alkyl halides is 3. The van der Waals surface area contributed by atoms with E-state index in [4.69, 9.17) is 21.8 Å². The van der Waals surface area contributed by atoms with Crippen molar-refractivity contribution in [2.45, 2.75) is 5.51 Å². The van der Waals surface area contributed by atoms with Crippen molar-refractivity contribution in [1.29, 1.82) is 0 Å². The fourth-order valence-corrected chi connectivity index (χ4v) is 4.86. The SMILES string of the molecule is O=S(=O)(O)C(F)(F)F.[Ir].[c-]1ccc2c(oc3ccccc32)c1-c1ccccn1.c1ccc(-c2cccc3c2oc2ccccc23)nc1. The van der Waals surface area contributed by atoms with Crippen molar-refractivity contribution in [1.82, 2.24) is 9.97 Å². The topological polar surface area (TPSA) is 106 Å². The van der Waals surface area contributed by atoms with Crippen LogP contribution in [0.15, 0.2) is 136 Å². The van der Waals surface area contributed by atoms with Crippen molar-refractivity contribution in [2.24, 2.45) is 0 Å². The zero-order valence-corrected chi connectivity index (χ0v) is 27.2. The number of para-hydroxylation sites is 3. The summed E-state index contributed by atoms with van der Waals surface area (Å²) in [6.45, 7) is 0. The van der Waals surface area contributed by atoms with Gasteiger partial charge in [-0.1, -0.05) is 77.7 Å². The largest absolute Gasteiger partial charge is 0.522 e. The molecule has 4 aromatic carbocycles. The van der Waals surface area contributed by atoms with E-state index in [2.05, 4.69) is 34.2 Å². The van der Waals surface area contributed by atoms with E-state index in [1.807, 2.05) is 97.1 Å². The molecule has 4 heterocycles. The Balaban J connectivity index is 0.000000149. The molecule has 0 bridgehead atoms. The van der Waals surface area contributed by atoms with E-state index >= 15 is 0 Å². The van der Waals surface area contributed by atoms with Gasteiger partial charge in [0.2, 0.25) is 0 Å². The van der Waals surface area contributed by atoms with Gasteiger partial charge in [0.1, 0.15) is 16.7 Å². The van der Waals surface area contributed by atoms with Crippen LogP contribution in [0.2, 0.25) is 0 Å². The van der Waals surface area contributed by atoms with Crippen LogP contribution >= 0.6 is 0 Å². The van der Waals surface area contributed by atoms with Crippen LogP contribution < -0.4 is 0 Å². The summed E-state index contributed by atoms with van der Waals surface area (Å²) >= 11 is 0. The van der Waals surface area contributed by atoms with Gasteiger partial charge >= 0.3 is 15.6 Å². The molecule has 8 rings (SSSR count). The molecule has 0 unspecified atom stereocenters. The molecule has 239 valence electrons. The van der Waals surface area contributed by atoms with Crippen molar-refractivity contribution >= 4 is 54.0 Å². The first kappa shape index (κ1) is 33.5. The fourth-order valence-electron chi connectivity index (χ4n) is 4.86. The number of furan rings is 2. The Bertz CT molecular complexity index is 2250. The van der Waals surface area contributed by atoms with Crippen LogP contribution in [0, 0.1) is 6.07 Å². The summed E-state index contributed by atoms with van der Waals surface area (Å²) in [6.07, 6.45) is 3.58. The van der Waals surface area contributed by atoms with Gasteiger partial charge in [-0.2, -0.15) is 21.6 Å². The minimum Gasteiger partial charge on any atom is -0.501 e. The molecule has 0 atom stereocenters. The molecule has 0 spiro atoms. The van der Waals surface area contributed by atoms with Crippen molar-refractivity contribution in [3.8, 4) is 22.5 Å². The average molecular weight is 832 g/mol. The normalized spacial score (nSPS) is 11.4. The second kappa shape index (κ2) is 13.9. The van der Waals surface area contributed by atoms with Gasteiger partial charge in [-0.3, -0.25) is 9.54 Å². The second-order valence-electron chi connectivity index (χ2n) is 9.82. The summed E-state index contributed by atoms with van der Waals surface area (Å²) in [5.74, 6) is 0. The first-order chi connectivity index (χ1) is 22.1. The molecule has 4 aromatic heterocycles. The monoisotopic (exact) mass is 832 g/mol. The van der Waals surface area contributed by atoms with E-state index < -0.39 is 15.6 Å². The predicted octanol–water partition coefficient (Wildman–Crippen LogP) is 9.49. The average Bonchev–Trinajstić information content (AvgIpc) is 3.64. The number of benzene rings is 4. The van der Waals surface area contributed by atoms with E-state index in [0.717, 1.165) is 66.4 Å². The Hall–Kier alpha value is -4.87. The van der Waals surface area contributed by atoms with E-state index in [9.17, 15) is 13.2 Å². The Morgan fingerprint density at radius 2 is 1.11 bits per heavy atom. The van der Waals surface area contributed by atoms with Crippen LogP contribution in [0.4, 0.5) is 13.2 Å². The minimum atomic E-state index is -5.84. The van der Waals surface area contributed by atoms with Crippen LogP contribution in [-0.2, 0) is 30.2 Å². The van der Waals surface area contributed by atoms with Crippen molar-refractivity contribution in [3.05, 3.63) is 134 Å². The van der Waals surface area contributed by atoms with Gasteiger partial charge in [-0.05, 0) is 42.1 Å². The molecular weight excluding hydrogens is 810 g/mol.